The smallest absolute Gasteiger partial charge is 0.136 e. The predicted octanol–water partition coefficient (Wildman–Crippen LogP) is 6.40. The molecule has 0 aromatic heterocycles. The van der Waals surface area contributed by atoms with Crippen molar-refractivity contribution < 1.29 is 15.0 Å². The summed E-state index contributed by atoms with van der Waals surface area (Å²) in [5.41, 5.74) is 0.420. The fourth-order valence-electron chi connectivity index (χ4n) is 11.4. The Morgan fingerprint density at radius 1 is 0.758 bits per heavy atom. The van der Waals surface area contributed by atoms with E-state index in [1.807, 2.05) is 0 Å². The summed E-state index contributed by atoms with van der Waals surface area (Å²) >= 11 is 0. The maximum atomic E-state index is 12.7. The molecule has 5 aliphatic rings. The zero-order valence-electron chi connectivity index (χ0n) is 22.6. The Morgan fingerprint density at radius 2 is 1.39 bits per heavy atom. The molecule has 0 unspecified atom stereocenters. The van der Waals surface area contributed by atoms with Crippen molar-refractivity contribution in [1.82, 2.24) is 0 Å². The topological polar surface area (TPSA) is 57.5 Å². The van der Waals surface area contributed by atoms with Crippen LogP contribution in [0.3, 0.4) is 0 Å². The van der Waals surface area contributed by atoms with Crippen LogP contribution in [0, 0.1) is 56.2 Å². The number of aliphatic hydroxyl groups is 2. The first-order valence-electron chi connectivity index (χ1n) is 13.9. The van der Waals surface area contributed by atoms with Crippen LogP contribution in [0.25, 0.3) is 0 Å². The van der Waals surface area contributed by atoms with Gasteiger partial charge in [-0.25, -0.2) is 0 Å². The highest BCUT2D eigenvalue weighted by molar-refractivity contribution is 5.82. The van der Waals surface area contributed by atoms with Crippen molar-refractivity contribution >= 4 is 5.78 Å². The fraction of sp³-hybridized carbons (Fsp3) is 0.967. The lowest BCUT2D eigenvalue weighted by Gasteiger charge is -2.75. The van der Waals surface area contributed by atoms with Crippen molar-refractivity contribution in [1.29, 1.82) is 0 Å². The Kier molecular flexibility index (Phi) is 5.06. The van der Waals surface area contributed by atoms with Crippen LogP contribution in [0.15, 0.2) is 0 Å². The molecule has 0 amide bonds. The van der Waals surface area contributed by atoms with Crippen LogP contribution in [0.4, 0.5) is 0 Å². The molecule has 3 nitrogen and oxygen atoms in total. The van der Waals surface area contributed by atoms with Gasteiger partial charge in [-0.1, -0.05) is 55.4 Å². The zero-order chi connectivity index (χ0) is 24.4. The summed E-state index contributed by atoms with van der Waals surface area (Å²) in [5.74, 6) is 1.86. The average molecular weight is 459 g/mol. The maximum absolute atomic E-state index is 12.7. The first-order valence-corrected chi connectivity index (χ1v) is 13.9. The first kappa shape index (κ1) is 24.3. The van der Waals surface area contributed by atoms with Crippen LogP contribution in [0.5, 0.6) is 0 Å². The first-order chi connectivity index (χ1) is 15.1. The predicted molar refractivity (Wildman–Crippen MR) is 133 cm³/mol. The number of carbonyl (C=O) groups is 1. The fourth-order valence-corrected chi connectivity index (χ4v) is 11.4. The van der Waals surface area contributed by atoms with Gasteiger partial charge < -0.3 is 10.2 Å². The lowest BCUT2D eigenvalue weighted by atomic mass is 9.29. The normalized spacial score (nSPS) is 60.2. The van der Waals surface area contributed by atoms with Crippen LogP contribution in [-0.4, -0.2) is 28.2 Å². The highest BCUT2D eigenvalue weighted by Gasteiger charge is 2.73. The molecule has 11 atom stereocenters. The molecule has 0 saturated heterocycles. The van der Waals surface area contributed by atoms with Crippen molar-refractivity contribution in [3.63, 3.8) is 0 Å². The summed E-state index contributed by atoms with van der Waals surface area (Å²) in [6.07, 6.45) is 8.65. The Morgan fingerprint density at radius 3 is 2.06 bits per heavy atom. The second-order valence-electron chi connectivity index (χ2n) is 15.5. The minimum absolute atomic E-state index is 0.0465. The minimum atomic E-state index is -0.333. The molecule has 0 heterocycles. The monoisotopic (exact) mass is 458 g/mol. The molecule has 188 valence electrons. The molecule has 5 fully saturated rings. The molecule has 5 aliphatic carbocycles. The minimum Gasteiger partial charge on any atom is -0.393 e. The molecule has 5 rings (SSSR count). The average Bonchev–Trinajstić information content (AvgIpc) is 2.70. The van der Waals surface area contributed by atoms with Gasteiger partial charge >= 0.3 is 0 Å². The van der Waals surface area contributed by atoms with Crippen molar-refractivity contribution in [2.24, 2.45) is 56.2 Å². The van der Waals surface area contributed by atoms with E-state index in [1.54, 1.807) is 0 Å². The van der Waals surface area contributed by atoms with Crippen LogP contribution in [0.1, 0.15) is 113 Å². The summed E-state index contributed by atoms with van der Waals surface area (Å²) in [5, 5.41) is 22.9. The van der Waals surface area contributed by atoms with E-state index >= 15 is 0 Å². The summed E-state index contributed by atoms with van der Waals surface area (Å²) in [6.45, 7) is 19.0. The molecule has 0 radical (unpaired) electrons. The highest BCUT2D eigenvalue weighted by Crippen LogP contribution is 2.78. The van der Waals surface area contributed by atoms with Gasteiger partial charge in [-0.3, -0.25) is 4.79 Å². The third-order valence-electron chi connectivity index (χ3n) is 13.8. The lowest BCUT2D eigenvalue weighted by molar-refractivity contribution is -0.287. The highest BCUT2D eigenvalue weighted by atomic mass is 16.3. The summed E-state index contributed by atoms with van der Waals surface area (Å²) in [7, 11) is 0. The maximum Gasteiger partial charge on any atom is 0.136 e. The molecule has 33 heavy (non-hydrogen) atoms. The third kappa shape index (κ3) is 2.85. The second-order valence-corrected chi connectivity index (χ2v) is 15.5. The number of fused-ring (bicyclic) bond motifs is 7. The summed E-state index contributed by atoms with van der Waals surface area (Å²) in [6, 6.07) is 0. The largest absolute Gasteiger partial charge is 0.393 e. The Balaban J connectivity index is 1.58. The van der Waals surface area contributed by atoms with E-state index < -0.39 is 0 Å². The van der Waals surface area contributed by atoms with Gasteiger partial charge in [0.05, 0.1) is 12.2 Å². The molecule has 0 aromatic carbocycles. The van der Waals surface area contributed by atoms with Crippen molar-refractivity contribution in [2.75, 3.05) is 0 Å². The van der Waals surface area contributed by atoms with Crippen LogP contribution in [-0.2, 0) is 4.79 Å². The van der Waals surface area contributed by atoms with Crippen molar-refractivity contribution in [3.8, 4) is 0 Å². The molecule has 0 bridgehead atoms. The van der Waals surface area contributed by atoms with Crippen LogP contribution >= 0.6 is 0 Å². The number of carbonyl (C=O) groups excluding carboxylic acids is 1. The van der Waals surface area contributed by atoms with E-state index in [9.17, 15) is 15.0 Å². The number of hydrogen-bond acceptors (Lipinski definition) is 3. The molecular weight excluding hydrogens is 408 g/mol. The molecule has 5 saturated carbocycles. The standard InChI is InChI=1S/C30H50O3/c1-18-19(31)9-10-21-27(5)12-14-29(7)22-16-25(2,3)23(33)17-26(22,4)11-13-30(29,8)24(27)20(32)15-28(18,21)6/h18,20-24,32-33H,9-17H2,1-8H3/t18-,20+,21-,22+,23+,24-,26-,27-,28+,29-,30+/m0/s1. The Hall–Kier alpha value is -0.410. The quantitative estimate of drug-likeness (QED) is 0.442. The van der Waals surface area contributed by atoms with Crippen molar-refractivity contribution in [3.05, 3.63) is 0 Å². The summed E-state index contributed by atoms with van der Waals surface area (Å²) in [4.78, 5) is 12.7. The number of ketones is 1. The van der Waals surface area contributed by atoms with E-state index in [-0.39, 0.29) is 50.6 Å². The second kappa shape index (κ2) is 6.87. The number of aliphatic hydroxyl groups excluding tert-OH is 2. The van der Waals surface area contributed by atoms with E-state index in [1.165, 1.54) is 6.42 Å². The van der Waals surface area contributed by atoms with Gasteiger partial charge in [0.2, 0.25) is 0 Å². The number of rotatable bonds is 0. The van der Waals surface area contributed by atoms with Crippen molar-refractivity contribution in [2.45, 2.75) is 125 Å². The van der Waals surface area contributed by atoms with Crippen LogP contribution in [0.2, 0.25) is 0 Å². The van der Waals surface area contributed by atoms with E-state index in [0.717, 1.165) is 51.4 Å². The van der Waals surface area contributed by atoms with Gasteiger partial charge in [0, 0.05) is 12.3 Å². The number of hydrogen-bond donors (Lipinski definition) is 2. The van der Waals surface area contributed by atoms with Crippen LogP contribution < -0.4 is 0 Å². The van der Waals surface area contributed by atoms with Gasteiger partial charge in [-0.15, -0.1) is 0 Å². The molecule has 2 N–H and O–H groups in total. The third-order valence-corrected chi connectivity index (χ3v) is 13.8. The van der Waals surface area contributed by atoms with Gasteiger partial charge in [0.25, 0.3) is 0 Å². The van der Waals surface area contributed by atoms with E-state index in [2.05, 4.69) is 55.4 Å². The van der Waals surface area contributed by atoms with Gasteiger partial charge in [0.1, 0.15) is 5.78 Å². The SMILES string of the molecule is C[C@H]1C(=O)CC[C@@H]2[C@]1(C)C[C@@H](O)[C@H]1[C@@]2(C)CC[C@@]2(C)[C@@H]3CC(C)(C)[C@H](O)C[C@]3(C)CC[C@]12C. The molecule has 3 heteroatoms. The Bertz CT molecular complexity index is 849. The molecular formula is C30H50O3. The lowest BCUT2D eigenvalue weighted by Crippen LogP contribution is -2.71. The van der Waals surface area contributed by atoms with Gasteiger partial charge in [-0.05, 0) is 102 Å². The van der Waals surface area contributed by atoms with E-state index in [0.29, 0.717) is 23.5 Å². The van der Waals surface area contributed by atoms with Gasteiger partial charge in [0.15, 0.2) is 0 Å². The zero-order valence-corrected chi connectivity index (χ0v) is 22.6. The van der Waals surface area contributed by atoms with E-state index in [4.69, 9.17) is 0 Å². The summed E-state index contributed by atoms with van der Waals surface area (Å²) < 4.78 is 0. The number of Topliss-reactive ketones (excluding diaryl/α,β-unsaturated/α-hetero) is 1. The molecule has 0 aromatic rings. The van der Waals surface area contributed by atoms with Gasteiger partial charge in [-0.2, -0.15) is 0 Å². The molecule has 0 spiro atoms. The Labute approximate surface area is 202 Å². The molecule has 0 aliphatic heterocycles.